The van der Waals surface area contributed by atoms with Gasteiger partial charge in [0, 0.05) is 20.3 Å². The molecule has 1 unspecified atom stereocenters. The molecule has 1 amide bonds. The highest BCUT2D eigenvalue weighted by Gasteiger charge is 2.15. The van der Waals surface area contributed by atoms with Gasteiger partial charge in [-0.15, -0.1) is 5.10 Å². The Bertz CT molecular complexity index is 993. The second-order valence-electron chi connectivity index (χ2n) is 6.46. The van der Waals surface area contributed by atoms with Crippen molar-refractivity contribution in [2.45, 2.75) is 31.1 Å². The summed E-state index contributed by atoms with van der Waals surface area (Å²) >= 11 is 1.24. The summed E-state index contributed by atoms with van der Waals surface area (Å²) in [7, 11) is 1.62. The molecular weight excluding hydrogens is 376 g/mol. The monoisotopic (exact) mass is 400 g/mol. The number of hydrogen-bond acceptors (Lipinski definition) is 5. The number of hydrogen-bond donors (Lipinski definition) is 2. The molecule has 8 heteroatoms. The molecule has 3 aromatic rings. The number of carbonyl (C=O) groups excluding carboxylic acids is 1. The van der Waals surface area contributed by atoms with Gasteiger partial charge in [-0.25, -0.2) is 9.89 Å². The summed E-state index contributed by atoms with van der Waals surface area (Å²) in [5.74, 6) is 0.0771. The fourth-order valence-corrected chi connectivity index (χ4v) is 3.88. The number of benzene rings is 2. The molecule has 7 nitrogen and oxygen atoms in total. The summed E-state index contributed by atoms with van der Waals surface area (Å²) < 4.78 is 6.55. The Hall–Kier alpha value is -2.58. The van der Waals surface area contributed by atoms with Gasteiger partial charge in [-0.3, -0.25) is 9.36 Å². The minimum atomic E-state index is -0.275. The lowest BCUT2D eigenvalue weighted by atomic mass is 10.00. The number of rotatable bonds is 9. The Morgan fingerprint density at radius 1 is 1.29 bits per heavy atom. The smallest absolute Gasteiger partial charge is 0.343 e. The van der Waals surface area contributed by atoms with Crippen LogP contribution in [0, 0.1) is 0 Å². The molecule has 2 aromatic carbocycles. The van der Waals surface area contributed by atoms with Gasteiger partial charge in [-0.2, -0.15) is 0 Å². The van der Waals surface area contributed by atoms with Gasteiger partial charge in [0.2, 0.25) is 5.91 Å². The maximum absolute atomic E-state index is 12.4. The van der Waals surface area contributed by atoms with Crippen molar-refractivity contribution < 1.29 is 9.53 Å². The zero-order valence-electron chi connectivity index (χ0n) is 16.0. The maximum Gasteiger partial charge on any atom is 0.343 e. The summed E-state index contributed by atoms with van der Waals surface area (Å²) in [5, 5.41) is 12.3. The van der Waals surface area contributed by atoms with E-state index in [1.807, 2.05) is 31.2 Å². The van der Waals surface area contributed by atoms with Crippen LogP contribution in [0.3, 0.4) is 0 Å². The van der Waals surface area contributed by atoms with Crippen molar-refractivity contribution in [2.24, 2.45) is 0 Å². The molecule has 1 atom stereocenters. The Morgan fingerprint density at radius 2 is 2.07 bits per heavy atom. The Morgan fingerprint density at radius 3 is 2.89 bits per heavy atom. The minimum absolute atomic E-state index is 0.107. The van der Waals surface area contributed by atoms with Crippen LogP contribution in [0.15, 0.2) is 52.4 Å². The van der Waals surface area contributed by atoms with Crippen LogP contribution < -0.4 is 11.0 Å². The Kier molecular flexibility index (Phi) is 6.89. The summed E-state index contributed by atoms with van der Waals surface area (Å²) in [6, 6.07) is 14.1. The van der Waals surface area contributed by atoms with Crippen LogP contribution in [0.1, 0.15) is 24.9 Å². The molecule has 1 aromatic heterocycles. The quantitative estimate of drug-likeness (QED) is 0.426. The molecule has 0 aliphatic carbocycles. The number of nitrogens with zero attached hydrogens (tertiary/aromatic N) is 2. The number of thioether (sulfide) groups is 1. The number of ether oxygens (including phenoxy) is 1. The molecule has 28 heavy (non-hydrogen) atoms. The van der Waals surface area contributed by atoms with E-state index >= 15 is 0 Å². The SMILES string of the molecule is COCCCn1c(SCC(=O)NC(C)c2cccc3ccccc23)n[nH]c1=O. The average Bonchev–Trinajstić information content (AvgIpc) is 3.06. The van der Waals surface area contributed by atoms with Gasteiger partial charge in [0.05, 0.1) is 11.8 Å². The van der Waals surface area contributed by atoms with E-state index in [4.69, 9.17) is 4.74 Å². The molecule has 0 saturated heterocycles. The van der Waals surface area contributed by atoms with Crippen LogP contribution in [0.4, 0.5) is 0 Å². The fraction of sp³-hybridized carbons (Fsp3) is 0.350. The zero-order chi connectivity index (χ0) is 19.9. The van der Waals surface area contributed by atoms with Gasteiger partial charge in [0.1, 0.15) is 0 Å². The number of fused-ring (bicyclic) bond motifs is 1. The van der Waals surface area contributed by atoms with Crippen LogP contribution in [0.5, 0.6) is 0 Å². The lowest BCUT2D eigenvalue weighted by molar-refractivity contribution is -0.119. The van der Waals surface area contributed by atoms with Crippen molar-refractivity contribution in [2.75, 3.05) is 19.5 Å². The van der Waals surface area contributed by atoms with Crippen LogP contribution >= 0.6 is 11.8 Å². The van der Waals surface area contributed by atoms with Crippen molar-refractivity contribution in [1.29, 1.82) is 0 Å². The van der Waals surface area contributed by atoms with E-state index in [-0.39, 0.29) is 23.4 Å². The molecule has 0 aliphatic heterocycles. The highest BCUT2D eigenvalue weighted by molar-refractivity contribution is 7.99. The molecule has 0 bridgehead atoms. The average molecular weight is 401 g/mol. The first-order valence-corrected chi connectivity index (χ1v) is 10.1. The third-order valence-corrected chi connectivity index (χ3v) is 5.43. The van der Waals surface area contributed by atoms with Crippen molar-refractivity contribution >= 4 is 28.4 Å². The second-order valence-corrected chi connectivity index (χ2v) is 7.40. The van der Waals surface area contributed by atoms with Gasteiger partial charge >= 0.3 is 5.69 Å². The summed E-state index contributed by atoms with van der Waals surface area (Å²) in [6.45, 7) is 3.03. The van der Waals surface area contributed by atoms with Gasteiger partial charge in [0.25, 0.3) is 0 Å². The van der Waals surface area contributed by atoms with Gasteiger partial charge < -0.3 is 10.1 Å². The standard InChI is InChI=1S/C20H24N4O3S/c1-14(16-10-5-8-15-7-3-4-9-17(15)16)21-18(25)13-28-20-23-22-19(26)24(20)11-6-12-27-2/h3-5,7-10,14H,6,11-13H2,1-2H3,(H,21,25)(H,22,26). The van der Waals surface area contributed by atoms with E-state index in [1.165, 1.54) is 16.3 Å². The number of methoxy groups -OCH3 is 1. The lowest BCUT2D eigenvalue weighted by Gasteiger charge is -2.16. The first-order valence-electron chi connectivity index (χ1n) is 9.14. The summed E-state index contributed by atoms with van der Waals surface area (Å²) in [6.07, 6.45) is 0.702. The molecule has 0 saturated carbocycles. The van der Waals surface area contributed by atoms with E-state index in [1.54, 1.807) is 7.11 Å². The maximum atomic E-state index is 12.4. The van der Waals surface area contributed by atoms with Crippen molar-refractivity contribution in [1.82, 2.24) is 20.1 Å². The molecule has 0 spiro atoms. The van der Waals surface area contributed by atoms with Crippen LogP contribution in [0.2, 0.25) is 0 Å². The second kappa shape index (κ2) is 9.57. The fourth-order valence-electron chi connectivity index (χ4n) is 3.10. The largest absolute Gasteiger partial charge is 0.385 e. The third-order valence-electron chi connectivity index (χ3n) is 4.45. The number of aromatic nitrogens is 3. The Balaban J connectivity index is 1.61. The van der Waals surface area contributed by atoms with Gasteiger partial charge in [0.15, 0.2) is 5.16 Å². The molecule has 2 N–H and O–H groups in total. The number of nitrogens with one attached hydrogen (secondary N) is 2. The highest BCUT2D eigenvalue weighted by Crippen LogP contribution is 2.24. The van der Waals surface area contributed by atoms with E-state index in [2.05, 4.69) is 33.7 Å². The predicted octanol–water partition coefficient (Wildman–Crippen LogP) is 2.73. The number of aromatic amines is 1. The summed E-state index contributed by atoms with van der Waals surface area (Å²) in [4.78, 5) is 24.3. The number of carbonyl (C=O) groups is 1. The third kappa shape index (κ3) is 4.82. The minimum Gasteiger partial charge on any atom is -0.385 e. The molecule has 0 fully saturated rings. The molecule has 1 heterocycles. The first kappa shape index (κ1) is 20.2. The van der Waals surface area contributed by atoms with Crippen LogP contribution in [-0.2, 0) is 16.1 Å². The van der Waals surface area contributed by atoms with Gasteiger partial charge in [-0.1, -0.05) is 54.2 Å². The molecule has 0 aliphatic rings. The topological polar surface area (TPSA) is 89.0 Å². The normalized spacial score (nSPS) is 12.2. The van der Waals surface area contributed by atoms with Crippen molar-refractivity contribution in [3.8, 4) is 0 Å². The lowest BCUT2D eigenvalue weighted by Crippen LogP contribution is -2.28. The highest BCUT2D eigenvalue weighted by atomic mass is 32.2. The van der Waals surface area contributed by atoms with E-state index in [9.17, 15) is 9.59 Å². The molecule has 0 radical (unpaired) electrons. The van der Waals surface area contributed by atoms with Crippen molar-refractivity contribution in [3.05, 3.63) is 58.5 Å². The molecule has 3 rings (SSSR count). The molecule has 148 valence electrons. The zero-order valence-corrected chi connectivity index (χ0v) is 16.8. The summed E-state index contributed by atoms with van der Waals surface area (Å²) in [5.41, 5.74) is 0.802. The van der Waals surface area contributed by atoms with Crippen molar-refractivity contribution in [3.63, 3.8) is 0 Å². The number of amides is 1. The Labute approximate surface area is 167 Å². The van der Waals surface area contributed by atoms with Crippen LogP contribution in [0.25, 0.3) is 10.8 Å². The first-order chi connectivity index (χ1) is 13.6. The van der Waals surface area contributed by atoms with E-state index in [0.29, 0.717) is 24.7 Å². The van der Waals surface area contributed by atoms with E-state index in [0.717, 1.165) is 16.3 Å². The van der Waals surface area contributed by atoms with Gasteiger partial charge in [-0.05, 0) is 29.7 Å². The van der Waals surface area contributed by atoms with E-state index < -0.39 is 0 Å². The molecular formula is C20H24N4O3S. The van der Waals surface area contributed by atoms with Crippen LogP contribution in [-0.4, -0.2) is 40.1 Å². The number of H-pyrrole nitrogens is 1. The predicted molar refractivity (Wildman–Crippen MR) is 111 cm³/mol.